The molecule has 0 spiro atoms. The van der Waals surface area contributed by atoms with Crippen molar-refractivity contribution in [2.45, 2.75) is 38.1 Å². The zero-order valence-electron chi connectivity index (χ0n) is 14.8. The molecule has 1 atom stereocenters. The molecule has 1 aromatic heterocycles. The van der Waals surface area contributed by atoms with E-state index in [1.54, 1.807) is 0 Å². The van der Waals surface area contributed by atoms with E-state index in [9.17, 15) is 4.79 Å². The van der Waals surface area contributed by atoms with Gasteiger partial charge in [0.25, 0.3) is 5.91 Å². The highest BCUT2D eigenvalue weighted by Crippen LogP contribution is 2.31. The summed E-state index contributed by atoms with van der Waals surface area (Å²) in [5.74, 6) is 2.05. The summed E-state index contributed by atoms with van der Waals surface area (Å²) in [5, 5.41) is 3.42. The molecule has 1 unspecified atom stereocenters. The quantitative estimate of drug-likeness (QED) is 0.899. The SMILES string of the molecule is O=C(c1cccc2c1NCCC2)N1CCc2oc(C3CCOC3)nc2C1. The molecular formula is C20H23N3O3. The fourth-order valence-corrected chi connectivity index (χ4v) is 4.15. The Kier molecular flexibility index (Phi) is 3.93. The first-order chi connectivity index (χ1) is 12.8. The van der Waals surface area contributed by atoms with Gasteiger partial charge in [-0.25, -0.2) is 4.98 Å². The van der Waals surface area contributed by atoms with Gasteiger partial charge in [0.1, 0.15) is 11.5 Å². The van der Waals surface area contributed by atoms with Crippen LogP contribution in [0.5, 0.6) is 0 Å². The van der Waals surface area contributed by atoms with Gasteiger partial charge in [-0.1, -0.05) is 12.1 Å². The third-order valence-electron chi connectivity index (χ3n) is 5.62. The number of aryl methyl sites for hydroxylation is 1. The third-order valence-corrected chi connectivity index (χ3v) is 5.62. The number of fused-ring (bicyclic) bond motifs is 2. The molecule has 5 rings (SSSR count). The van der Waals surface area contributed by atoms with E-state index in [-0.39, 0.29) is 11.8 Å². The lowest BCUT2D eigenvalue weighted by molar-refractivity contribution is 0.0728. The molecule has 6 nitrogen and oxygen atoms in total. The normalized spacial score (nSPS) is 21.8. The molecule has 0 radical (unpaired) electrons. The molecule has 1 aromatic carbocycles. The molecular weight excluding hydrogens is 330 g/mol. The predicted molar refractivity (Wildman–Crippen MR) is 96.4 cm³/mol. The van der Waals surface area contributed by atoms with Gasteiger partial charge in [0.05, 0.1) is 30.3 Å². The Balaban J connectivity index is 1.38. The largest absolute Gasteiger partial charge is 0.445 e. The lowest BCUT2D eigenvalue weighted by Crippen LogP contribution is -2.36. The molecule has 6 heteroatoms. The number of ether oxygens (including phenoxy) is 1. The van der Waals surface area contributed by atoms with Crippen molar-refractivity contribution in [1.29, 1.82) is 0 Å². The smallest absolute Gasteiger partial charge is 0.256 e. The van der Waals surface area contributed by atoms with Crippen molar-refractivity contribution in [3.05, 3.63) is 46.7 Å². The number of benzene rings is 1. The average molecular weight is 353 g/mol. The highest BCUT2D eigenvalue weighted by Gasteiger charge is 2.30. The number of anilines is 1. The summed E-state index contributed by atoms with van der Waals surface area (Å²) in [6.07, 6.45) is 3.84. The number of hydrogen-bond acceptors (Lipinski definition) is 5. The van der Waals surface area contributed by atoms with E-state index in [0.717, 1.165) is 67.4 Å². The van der Waals surface area contributed by atoms with Crippen LogP contribution >= 0.6 is 0 Å². The summed E-state index contributed by atoms with van der Waals surface area (Å²) < 4.78 is 11.4. The molecule has 1 fully saturated rings. The van der Waals surface area contributed by atoms with Gasteiger partial charge in [-0.2, -0.15) is 0 Å². The summed E-state index contributed by atoms with van der Waals surface area (Å²) in [7, 11) is 0. The van der Waals surface area contributed by atoms with Gasteiger partial charge in [-0.05, 0) is 30.9 Å². The van der Waals surface area contributed by atoms with Crippen molar-refractivity contribution in [1.82, 2.24) is 9.88 Å². The van der Waals surface area contributed by atoms with E-state index in [1.165, 1.54) is 5.56 Å². The van der Waals surface area contributed by atoms with Gasteiger partial charge < -0.3 is 19.4 Å². The molecule has 0 saturated carbocycles. The maximum Gasteiger partial charge on any atom is 0.256 e. The number of carbonyl (C=O) groups is 1. The van der Waals surface area contributed by atoms with Crippen LogP contribution in [0.1, 0.15) is 52.0 Å². The fourth-order valence-electron chi connectivity index (χ4n) is 4.15. The van der Waals surface area contributed by atoms with Crippen LogP contribution in [-0.4, -0.2) is 42.1 Å². The number of nitrogens with one attached hydrogen (secondary N) is 1. The molecule has 1 amide bonds. The van der Waals surface area contributed by atoms with E-state index in [1.807, 2.05) is 17.0 Å². The Morgan fingerprint density at radius 3 is 3.15 bits per heavy atom. The number of nitrogens with zero attached hydrogens (tertiary/aromatic N) is 2. The molecule has 26 heavy (non-hydrogen) atoms. The highest BCUT2D eigenvalue weighted by atomic mass is 16.5. The fraction of sp³-hybridized carbons (Fsp3) is 0.500. The van der Waals surface area contributed by atoms with Gasteiger partial charge in [0.15, 0.2) is 5.89 Å². The first-order valence-corrected chi connectivity index (χ1v) is 9.51. The van der Waals surface area contributed by atoms with Crippen molar-refractivity contribution in [2.75, 3.05) is 31.6 Å². The molecule has 0 aliphatic carbocycles. The van der Waals surface area contributed by atoms with Crippen molar-refractivity contribution in [3.63, 3.8) is 0 Å². The first-order valence-electron chi connectivity index (χ1n) is 9.51. The van der Waals surface area contributed by atoms with E-state index in [2.05, 4.69) is 11.4 Å². The van der Waals surface area contributed by atoms with E-state index in [4.69, 9.17) is 14.1 Å². The third kappa shape index (κ3) is 2.69. The van der Waals surface area contributed by atoms with Crippen molar-refractivity contribution >= 4 is 11.6 Å². The molecule has 1 N–H and O–H groups in total. The standard InChI is InChI=1S/C20H23N3O3/c24-20(15-5-1-3-13-4-2-8-21-18(13)15)23-9-6-17-16(11-23)22-19(26-17)14-7-10-25-12-14/h1,3,5,14,21H,2,4,6-12H2. The maximum absolute atomic E-state index is 13.2. The second-order valence-corrected chi connectivity index (χ2v) is 7.33. The lowest BCUT2D eigenvalue weighted by atomic mass is 9.98. The number of hydrogen-bond donors (Lipinski definition) is 1. The molecule has 3 aliphatic heterocycles. The Hall–Kier alpha value is -2.34. The van der Waals surface area contributed by atoms with E-state index >= 15 is 0 Å². The molecule has 0 bridgehead atoms. The van der Waals surface area contributed by atoms with E-state index in [0.29, 0.717) is 19.7 Å². The van der Waals surface area contributed by atoms with Gasteiger partial charge >= 0.3 is 0 Å². The second kappa shape index (κ2) is 6.43. The van der Waals surface area contributed by atoms with Crippen LogP contribution in [0.15, 0.2) is 22.6 Å². The molecule has 4 heterocycles. The van der Waals surface area contributed by atoms with Crippen LogP contribution in [0.25, 0.3) is 0 Å². The Morgan fingerprint density at radius 2 is 2.27 bits per heavy atom. The van der Waals surface area contributed by atoms with Crippen molar-refractivity contribution in [2.24, 2.45) is 0 Å². The van der Waals surface area contributed by atoms with Crippen molar-refractivity contribution in [3.8, 4) is 0 Å². The monoisotopic (exact) mass is 353 g/mol. The zero-order valence-corrected chi connectivity index (χ0v) is 14.8. The molecule has 2 aromatic rings. The van der Waals surface area contributed by atoms with Crippen LogP contribution < -0.4 is 5.32 Å². The van der Waals surface area contributed by atoms with Gasteiger partial charge in [-0.15, -0.1) is 0 Å². The zero-order chi connectivity index (χ0) is 17.5. The number of aromatic nitrogens is 1. The summed E-state index contributed by atoms with van der Waals surface area (Å²) >= 11 is 0. The van der Waals surface area contributed by atoms with Gasteiger partial charge in [-0.3, -0.25) is 4.79 Å². The lowest BCUT2D eigenvalue weighted by Gasteiger charge is -2.28. The molecule has 136 valence electrons. The van der Waals surface area contributed by atoms with Crippen LogP contribution in [0.2, 0.25) is 0 Å². The summed E-state index contributed by atoms with van der Waals surface area (Å²) in [5.41, 5.74) is 3.94. The summed E-state index contributed by atoms with van der Waals surface area (Å²) in [4.78, 5) is 19.7. The second-order valence-electron chi connectivity index (χ2n) is 7.33. The van der Waals surface area contributed by atoms with Crippen LogP contribution in [0.3, 0.4) is 0 Å². The molecule has 3 aliphatic rings. The summed E-state index contributed by atoms with van der Waals surface area (Å²) in [6, 6.07) is 6.03. The van der Waals surface area contributed by atoms with Gasteiger partial charge in [0.2, 0.25) is 0 Å². The Morgan fingerprint density at radius 1 is 1.31 bits per heavy atom. The number of rotatable bonds is 2. The minimum Gasteiger partial charge on any atom is -0.445 e. The highest BCUT2D eigenvalue weighted by molar-refractivity contribution is 6.00. The number of carbonyl (C=O) groups excluding carboxylic acids is 1. The number of para-hydroxylation sites is 1. The first kappa shape index (κ1) is 15.9. The minimum absolute atomic E-state index is 0.0793. The van der Waals surface area contributed by atoms with Crippen molar-refractivity contribution < 1.29 is 13.9 Å². The van der Waals surface area contributed by atoms with Gasteiger partial charge in [0, 0.05) is 26.1 Å². The Bertz CT molecular complexity index is 839. The topological polar surface area (TPSA) is 67.6 Å². The maximum atomic E-state index is 13.2. The number of oxazole rings is 1. The average Bonchev–Trinajstić information content (AvgIpc) is 3.35. The molecule has 1 saturated heterocycles. The predicted octanol–water partition coefficient (Wildman–Crippen LogP) is 2.74. The van der Waals surface area contributed by atoms with Crippen LogP contribution in [0.4, 0.5) is 5.69 Å². The Labute approximate surface area is 152 Å². The number of amides is 1. The van der Waals surface area contributed by atoms with Crippen LogP contribution in [-0.2, 0) is 24.1 Å². The van der Waals surface area contributed by atoms with Crippen LogP contribution in [0, 0.1) is 0 Å². The van der Waals surface area contributed by atoms with E-state index < -0.39 is 0 Å². The summed E-state index contributed by atoms with van der Waals surface area (Å²) in [6.45, 7) is 3.58. The minimum atomic E-state index is 0.0793.